The Morgan fingerprint density at radius 2 is 1.70 bits per heavy atom. The maximum Gasteiger partial charge on any atom is 0.415 e. The first-order chi connectivity index (χ1) is 16.0. The number of nitrogen functional groups attached to an aromatic ring is 1. The van der Waals surface area contributed by atoms with E-state index in [9.17, 15) is 14.4 Å². The second-order valence-electron chi connectivity index (χ2n) is 7.71. The van der Waals surface area contributed by atoms with Crippen LogP contribution in [0.15, 0.2) is 72.8 Å². The summed E-state index contributed by atoms with van der Waals surface area (Å²) >= 11 is 0. The zero-order chi connectivity index (χ0) is 23.4. The van der Waals surface area contributed by atoms with Gasteiger partial charge in [0, 0.05) is 0 Å². The van der Waals surface area contributed by atoms with Crippen molar-refractivity contribution in [3.63, 3.8) is 0 Å². The molecule has 0 radical (unpaired) electrons. The number of fused-ring (bicyclic) bond motifs is 1. The number of carbonyl (C=O) groups excluding carboxylic acids is 3. The van der Waals surface area contributed by atoms with E-state index >= 15 is 0 Å². The molecule has 0 unspecified atom stereocenters. The third-order valence-electron chi connectivity index (χ3n) is 5.58. The van der Waals surface area contributed by atoms with Gasteiger partial charge in [0.2, 0.25) is 5.91 Å². The molecule has 8 nitrogen and oxygen atoms in total. The minimum absolute atomic E-state index is 0.0766. The van der Waals surface area contributed by atoms with Crippen LogP contribution < -0.4 is 21.7 Å². The number of aryl methyl sites for hydroxylation is 1. The van der Waals surface area contributed by atoms with Crippen LogP contribution in [0.5, 0.6) is 0 Å². The van der Waals surface area contributed by atoms with E-state index in [0.717, 1.165) is 11.1 Å². The van der Waals surface area contributed by atoms with E-state index in [0.29, 0.717) is 18.5 Å². The van der Waals surface area contributed by atoms with Crippen LogP contribution in [0.3, 0.4) is 0 Å². The summed E-state index contributed by atoms with van der Waals surface area (Å²) in [6, 6.07) is 20.6. The predicted octanol–water partition coefficient (Wildman–Crippen LogP) is 3.46. The summed E-state index contributed by atoms with van der Waals surface area (Å²) in [7, 11) is 0. The van der Waals surface area contributed by atoms with E-state index in [-0.39, 0.29) is 23.5 Å². The smallest absolute Gasteiger partial charge is 0.415 e. The first-order valence-electron chi connectivity index (χ1n) is 10.5. The van der Waals surface area contributed by atoms with Gasteiger partial charge in [-0.3, -0.25) is 14.5 Å². The average Bonchev–Trinajstić information content (AvgIpc) is 2.83. The topological polar surface area (TPSA) is 128 Å². The highest BCUT2D eigenvalue weighted by atomic mass is 16.6. The van der Waals surface area contributed by atoms with Crippen molar-refractivity contribution in [3.05, 3.63) is 89.5 Å². The number of nitrogens with one attached hydrogen (secondary N) is 1. The molecule has 1 aliphatic heterocycles. The fourth-order valence-electron chi connectivity index (χ4n) is 3.91. The average molecular weight is 444 g/mol. The van der Waals surface area contributed by atoms with Crippen LogP contribution in [0.2, 0.25) is 0 Å². The van der Waals surface area contributed by atoms with Crippen molar-refractivity contribution in [2.45, 2.75) is 25.5 Å². The number of nitrogens with zero attached hydrogens (tertiary/aromatic N) is 1. The van der Waals surface area contributed by atoms with Crippen molar-refractivity contribution in [2.24, 2.45) is 5.73 Å². The van der Waals surface area contributed by atoms with Crippen LogP contribution in [0.1, 0.15) is 27.9 Å². The maximum atomic E-state index is 13.3. The number of amides is 3. The number of nitrogens with two attached hydrogens (primary N) is 2. The summed E-state index contributed by atoms with van der Waals surface area (Å²) in [4.78, 5) is 39.4. The summed E-state index contributed by atoms with van der Waals surface area (Å²) in [5, 5.41) is 2.74. The van der Waals surface area contributed by atoms with Crippen LogP contribution in [0.25, 0.3) is 0 Å². The molecule has 33 heavy (non-hydrogen) atoms. The standard InChI is InChI=1S/C25H24N4O4/c26-22-18(23(27)30)10-6-11-19(22)28-24(31)21-14-13-17-9-4-5-12-20(17)29(21)25(32)33-15-16-7-2-1-3-8-16/h1-12,21H,13-15,26H2,(H2,27,30)(H,28,31)/t21-/m1/s1. The number of primary amides is 1. The lowest BCUT2D eigenvalue weighted by Gasteiger charge is -2.35. The van der Waals surface area contributed by atoms with Crippen LogP contribution in [-0.4, -0.2) is 23.9 Å². The summed E-state index contributed by atoms with van der Waals surface area (Å²) < 4.78 is 5.55. The first-order valence-corrected chi connectivity index (χ1v) is 10.5. The molecule has 4 rings (SSSR count). The van der Waals surface area contributed by atoms with E-state index in [4.69, 9.17) is 16.2 Å². The molecule has 3 aromatic rings. The van der Waals surface area contributed by atoms with Gasteiger partial charge in [-0.2, -0.15) is 0 Å². The lowest BCUT2D eigenvalue weighted by Crippen LogP contribution is -2.50. The highest BCUT2D eigenvalue weighted by molar-refractivity contribution is 6.07. The van der Waals surface area contributed by atoms with E-state index in [1.165, 1.54) is 11.0 Å². The van der Waals surface area contributed by atoms with Crippen LogP contribution in [0, 0.1) is 0 Å². The fourth-order valence-corrected chi connectivity index (χ4v) is 3.91. The second-order valence-corrected chi connectivity index (χ2v) is 7.71. The lowest BCUT2D eigenvalue weighted by molar-refractivity contribution is -0.117. The van der Waals surface area contributed by atoms with Crippen molar-refractivity contribution in [3.8, 4) is 0 Å². The number of ether oxygens (including phenoxy) is 1. The number of hydrogen-bond acceptors (Lipinski definition) is 5. The third-order valence-corrected chi connectivity index (χ3v) is 5.58. The van der Waals surface area contributed by atoms with Gasteiger partial charge < -0.3 is 21.5 Å². The quantitative estimate of drug-likeness (QED) is 0.519. The Hall–Kier alpha value is -4.33. The molecule has 0 fully saturated rings. The van der Waals surface area contributed by atoms with Gasteiger partial charge in [0.15, 0.2) is 0 Å². The number of benzene rings is 3. The van der Waals surface area contributed by atoms with E-state index in [2.05, 4.69) is 5.32 Å². The SMILES string of the molecule is NC(=O)c1cccc(NC(=O)[C@H]2CCc3ccccc3N2C(=O)OCc2ccccc2)c1N. The molecular formula is C25H24N4O4. The Morgan fingerprint density at radius 3 is 2.45 bits per heavy atom. The Morgan fingerprint density at radius 1 is 0.970 bits per heavy atom. The number of para-hydroxylation sites is 2. The minimum Gasteiger partial charge on any atom is -0.444 e. The first kappa shape index (κ1) is 21.9. The molecule has 0 aromatic heterocycles. The zero-order valence-electron chi connectivity index (χ0n) is 17.9. The summed E-state index contributed by atoms with van der Waals surface area (Å²) in [5.41, 5.74) is 14.2. The summed E-state index contributed by atoms with van der Waals surface area (Å²) in [5.74, 6) is -1.13. The number of anilines is 3. The molecule has 5 N–H and O–H groups in total. The van der Waals surface area contributed by atoms with Crippen LogP contribution >= 0.6 is 0 Å². The fraction of sp³-hybridized carbons (Fsp3) is 0.160. The highest BCUT2D eigenvalue weighted by Crippen LogP contribution is 2.32. The largest absolute Gasteiger partial charge is 0.444 e. The number of hydrogen-bond donors (Lipinski definition) is 3. The zero-order valence-corrected chi connectivity index (χ0v) is 17.9. The van der Waals surface area contributed by atoms with Crippen molar-refractivity contribution >= 4 is 35.0 Å². The molecule has 0 saturated carbocycles. The van der Waals surface area contributed by atoms with Gasteiger partial charge in [0.25, 0.3) is 5.91 Å². The van der Waals surface area contributed by atoms with Gasteiger partial charge in [-0.15, -0.1) is 0 Å². The Kier molecular flexibility index (Phi) is 6.26. The van der Waals surface area contributed by atoms with E-state index < -0.39 is 23.9 Å². The Bertz CT molecular complexity index is 1200. The van der Waals surface area contributed by atoms with Crippen LogP contribution in [-0.2, 0) is 22.6 Å². The molecule has 168 valence electrons. The van der Waals surface area contributed by atoms with Crippen molar-refractivity contribution in [1.29, 1.82) is 0 Å². The van der Waals surface area contributed by atoms with Crippen LogP contribution in [0.4, 0.5) is 21.9 Å². The normalized spacial score (nSPS) is 14.8. The van der Waals surface area contributed by atoms with Gasteiger partial charge in [0.1, 0.15) is 12.6 Å². The predicted molar refractivity (Wildman–Crippen MR) is 126 cm³/mol. The molecule has 3 amide bonds. The van der Waals surface area contributed by atoms with Crippen molar-refractivity contribution in [1.82, 2.24) is 0 Å². The molecule has 0 bridgehead atoms. The van der Waals surface area contributed by atoms with Gasteiger partial charge in [-0.05, 0) is 42.2 Å². The van der Waals surface area contributed by atoms with Gasteiger partial charge >= 0.3 is 6.09 Å². The monoisotopic (exact) mass is 444 g/mol. The molecule has 8 heteroatoms. The van der Waals surface area contributed by atoms with Gasteiger partial charge in [-0.1, -0.05) is 54.6 Å². The second kappa shape index (κ2) is 9.44. The number of rotatable bonds is 5. The highest BCUT2D eigenvalue weighted by Gasteiger charge is 2.37. The molecular weight excluding hydrogens is 420 g/mol. The maximum absolute atomic E-state index is 13.3. The summed E-state index contributed by atoms with van der Waals surface area (Å²) in [6.07, 6.45) is 0.400. The molecule has 1 heterocycles. The van der Waals surface area contributed by atoms with E-state index in [1.54, 1.807) is 18.2 Å². The molecule has 3 aromatic carbocycles. The molecule has 1 atom stereocenters. The van der Waals surface area contributed by atoms with E-state index in [1.807, 2.05) is 48.5 Å². The van der Waals surface area contributed by atoms with Crippen molar-refractivity contribution in [2.75, 3.05) is 16.0 Å². The molecule has 1 aliphatic rings. The van der Waals surface area contributed by atoms with Gasteiger partial charge in [0.05, 0.1) is 22.6 Å². The minimum atomic E-state index is -0.820. The summed E-state index contributed by atoms with van der Waals surface area (Å²) in [6.45, 7) is 0.0836. The molecule has 0 aliphatic carbocycles. The van der Waals surface area contributed by atoms with Crippen molar-refractivity contribution < 1.29 is 19.1 Å². The lowest BCUT2D eigenvalue weighted by atomic mass is 9.95. The van der Waals surface area contributed by atoms with Gasteiger partial charge in [-0.25, -0.2) is 4.79 Å². The third kappa shape index (κ3) is 4.64. The Balaban J connectivity index is 1.59. The molecule has 0 spiro atoms. The Labute approximate surface area is 191 Å². The molecule has 0 saturated heterocycles. The number of carbonyl (C=O) groups is 3.